The summed E-state index contributed by atoms with van der Waals surface area (Å²) >= 11 is 0. The smallest absolute Gasteiger partial charge is 0.127 e. The maximum Gasteiger partial charge on any atom is 0.127 e. The average molecular weight is 312 g/mol. The average Bonchev–Trinajstić information content (AvgIpc) is 2.48. The molecule has 1 N–H and O–H groups in total. The summed E-state index contributed by atoms with van der Waals surface area (Å²) in [5, 5.41) is 4.20. The molecule has 0 aliphatic heterocycles. The number of hydrogen-bond donors (Lipinski definition) is 1. The molecule has 0 aliphatic rings. The molecular weight excluding hydrogens is 298 g/mol. The second kappa shape index (κ2) is 5.44. The molecule has 3 rings (SSSR count). The number of fused-ring (bicyclic) bond motifs is 1. The van der Waals surface area contributed by atoms with Crippen molar-refractivity contribution in [3.05, 3.63) is 66.2 Å². The Morgan fingerprint density at radius 2 is 1.55 bits per heavy atom. The van der Waals surface area contributed by atoms with Crippen molar-refractivity contribution in [3.63, 3.8) is 0 Å². The molecule has 0 saturated carbocycles. The molecule has 3 aromatic carbocycles. The summed E-state index contributed by atoms with van der Waals surface area (Å²) in [4.78, 5) is -0.214. The standard InChI is InChI=1S/C17H15NO3S/c1-12-6-2-5-9-15(12)18-16-11-10-13-7-3-4-8-14(13)17(16)22(19,20)21/h2-11,18H,1H3,(H,19,20,21)/p-1. The molecule has 0 spiro atoms. The highest BCUT2D eigenvalue weighted by atomic mass is 32.2. The highest BCUT2D eigenvalue weighted by molar-refractivity contribution is 7.86. The lowest BCUT2D eigenvalue weighted by molar-refractivity contribution is 0.464. The molecule has 0 aliphatic carbocycles. The van der Waals surface area contributed by atoms with Crippen LogP contribution in [0.25, 0.3) is 10.8 Å². The molecule has 0 amide bonds. The largest absolute Gasteiger partial charge is 0.744 e. The molecule has 0 bridgehead atoms. The van der Waals surface area contributed by atoms with Crippen LogP contribution in [0.5, 0.6) is 0 Å². The molecule has 0 saturated heterocycles. The van der Waals surface area contributed by atoms with Gasteiger partial charge in [-0.25, -0.2) is 8.42 Å². The summed E-state index contributed by atoms with van der Waals surface area (Å²) in [5.41, 5.74) is 2.02. The summed E-state index contributed by atoms with van der Waals surface area (Å²) in [5.74, 6) is 0. The minimum atomic E-state index is -4.61. The Hall–Kier alpha value is -2.37. The second-order valence-electron chi connectivity index (χ2n) is 5.06. The van der Waals surface area contributed by atoms with Gasteiger partial charge in [-0.05, 0) is 30.0 Å². The highest BCUT2D eigenvalue weighted by Gasteiger charge is 2.14. The van der Waals surface area contributed by atoms with E-state index in [9.17, 15) is 13.0 Å². The van der Waals surface area contributed by atoms with E-state index in [1.165, 1.54) is 0 Å². The number of rotatable bonds is 3. The molecule has 0 atom stereocenters. The zero-order valence-corrected chi connectivity index (χ0v) is 12.7. The van der Waals surface area contributed by atoms with Crippen LogP contribution in [0, 0.1) is 6.92 Å². The van der Waals surface area contributed by atoms with Gasteiger partial charge in [-0.1, -0.05) is 48.5 Å². The highest BCUT2D eigenvalue weighted by Crippen LogP contribution is 2.32. The van der Waals surface area contributed by atoms with E-state index in [0.717, 1.165) is 11.3 Å². The van der Waals surface area contributed by atoms with Crippen molar-refractivity contribution in [3.8, 4) is 0 Å². The van der Waals surface area contributed by atoms with Gasteiger partial charge in [0.1, 0.15) is 10.1 Å². The fraction of sp³-hybridized carbons (Fsp3) is 0.0588. The monoisotopic (exact) mass is 312 g/mol. The maximum atomic E-state index is 11.7. The third kappa shape index (κ3) is 2.68. The fourth-order valence-electron chi connectivity index (χ4n) is 2.47. The van der Waals surface area contributed by atoms with Gasteiger partial charge in [0, 0.05) is 11.1 Å². The van der Waals surface area contributed by atoms with E-state index in [0.29, 0.717) is 16.5 Å². The lowest BCUT2D eigenvalue weighted by Gasteiger charge is -2.18. The van der Waals surface area contributed by atoms with Crippen molar-refractivity contribution >= 4 is 32.3 Å². The predicted octanol–water partition coefficient (Wildman–Crippen LogP) is 3.80. The number of nitrogens with one attached hydrogen (secondary N) is 1. The number of para-hydroxylation sites is 1. The summed E-state index contributed by atoms with van der Waals surface area (Å²) in [6.45, 7) is 1.91. The molecule has 3 aromatic rings. The Kier molecular flexibility index (Phi) is 3.60. The minimum Gasteiger partial charge on any atom is -0.744 e. The van der Waals surface area contributed by atoms with Crippen molar-refractivity contribution in [2.75, 3.05) is 5.32 Å². The fourth-order valence-corrected chi connectivity index (χ4v) is 3.31. The Morgan fingerprint density at radius 3 is 2.27 bits per heavy atom. The number of benzene rings is 3. The quantitative estimate of drug-likeness (QED) is 0.747. The van der Waals surface area contributed by atoms with Crippen LogP contribution < -0.4 is 5.32 Å². The molecule has 0 aromatic heterocycles. The van der Waals surface area contributed by atoms with Crippen molar-refractivity contribution in [1.82, 2.24) is 0 Å². The van der Waals surface area contributed by atoms with Crippen LogP contribution in [0.15, 0.2) is 65.6 Å². The van der Waals surface area contributed by atoms with Crippen LogP contribution in [0.3, 0.4) is 0 Å². The predicted molar refractivity (Wildman–Crippen MR) is 86.4 cm³/mol. The van der Waals surface area contributed by atoms with Gasteiger partial charge in [-0.2, -0.15) is 0 Å². The Bertz CT molecular complexity index is 949. The van der Waals surface area contributed by atoms with Crippen LogP contribution in [0.4, 0.5) is 11.4 Å². The minimum absolute atomic E-state index is 0.214. The van der Waals surface area contributed by atoms with Gasteiger partial charge in [-0.15, -0.1) is 0 Å². The van der Waals surface area contributed by atoms with Crippen LogP contribution in [-0.4, -0.2) is 13.0 Å². The molecule has 22 heavy (non-hydrogen) atoms. The van der Waals surface area contributed by atoms with E-state index < -0.39 is 10.1 Å². The van der Waals surface area contributed by atoms with Crippen molar-refractivity contribution < 1.29 is 13.0 Å². The molecule has 0 radical (unpaired) electrons. The molecule has 0 heterocycles. The van der Waals surface area contributed by atoms with E-state index in [1.807, 2.05) is 31.2 Å². The number of hydrogen-bond acceptors (Lipinski definition) is 4. The molecule has 112 valence electrons. The number of aryl methyl sites for hydroxylation is 1. The zero-order chi connectivity index (χ0) is 15.7. The second-order valence-corrected chi connectivity index (χ2v) is 6.37. The summed E-state index contributed by atoms with van der Waals surface area (Å²) < 4.78 is 35.2. The summed E-state index contributed by atoms with van der Waals surface area (Å²) in [7, 11) is -4.61. The van der Waals surface area contributed by atoms with Crippen molar-refractivity contribution in [2.24, 2.45) is 0 Å². The normalized spacial score (nSPS) is 11.5. The van der Waals surface area contributed by atoms with Gasteiger partial charge < -0.3 is 9.87 Å². The molecule has 0 unspecified atom stereocenters. The van der Waals surface area contributed by atoms with Crippen molar-refractivity contribution in [2.45, 2.75) is 11.8 Å². The van der Waals surface area contributed by atoms with Crippen LogP contribution in [0.1, 0.15) is 5.56 Å². The first kappa shape index (κ1) is 14.6. The van der Waals surface area contributed by atoms with Crippen LogP contribution >= 0.6 is 0 Å². The maximum absolute atomic E-state index is 11.7. The van der Waals surface area contributed by atoms with E-state index in [1.54, 1.807) is 36.4 Å². The first-order valence-corrected chi connectivity index (χ1v) is 8.18. The van der Waals surface area contributed by atoms with Crippen LogP contribution in [-0.2, 0) is 10.1 Å². The lowest BCUT2D eigenvalue weighted by Crippen LogP contribution is -2.05. The van der Waals surface area contributed by atoms with Gasteiger partial charge in [0.2, 0.25) is 0 Å². The van der Waals surface area contributed by atoms with E-state index in [2.05, 4.69) is 5.32 Å². The summed E-state index contributed by atoms with van der Waals surface area (Å²) in [6, 6.07) is 17.9. The van der Waals surface area contributed by atoms with Gasteiger partial charge in [-0.3, -0.25) is 0 Å². The summed E-state index contributed by atoms with van der Waals surface area (Å²) in [6.07, 6.45) is 0. The van der Waals surface area contributed by atoms with E-state index in [4.69, 9.17) is 0 Å². The molecule has 4 nitrogen and oxygen atoms in total. The first-order valence-electron chi connectivity index (χ1n) is 6.77. The van der Waals surface area contributed by atoms with Gasteiger partial charge in [0.05, 0.1) is 10.6 Å². The van der Waals surface area contributed by atoms with Gasteiger partial charge in [0.25, 0.3) is 0 Å². The molecular formula is C17H14NO3S-. The molecule has 0 fully saturated rings. The Labute approximate surface area is 129 Å². The van der Waals surface area contributed by atoms with Crippen LogP contribution in [0.2, 0.25) is 0 Å². The van der Waals surface area contributed by atoms with Gasteiger partial charge in [0.15, 0.2) is 0 Å². The molecule has 5 heteroatoms. The van der Waals surface area contributed by atoms with E-state index in [-0.39, 0.29) is 4.90 Å². The number of anilines is 2. The first-order chi connectivity index (χ1) is 10.5. The van der Waals surface area contributed by atoms with E-state index >= 15 is 0 Å². The topological polar surface area (TPSA) is 69.2 Å². The third-order valence-corrected chi connectivity index (χ3v) is 4.48. The Morgan fingerprint density at radius 1 is 0.864 bits per heavy atom. The van der Waals surface area contributed by atoms with Gasteiger partial charge >= 0.3 is 0 Å². The Balaban J connectivity index is 2.24. The SMILES string of the molecule is Cc1ccccc1Nc1ccc2ccccc2c1S(=O)(=O)[O-]. The van der Waals surface area contributed by atoms with Crippen molar-refractivity contribution in [1.29, 1.82) is 0 Å². The lowest BCUT2D eigenvalue weighted by atomic mass is 10.1. The zero-order valence-electron chi connectivity index (χ0n) is 11.9. The third-order valence-electron chi connectivity index (χ3n) is 3.54.